The third kappa shape index (κ3) is 5.01. The fourth-order valence-corrected chi connectivity index (χ4v) is 6.80. The standard InChI is InChI=1S/C35H35NO7/c1-39-30-16-14-25-26(18-29(30)37)28(15-13-20-17-31(40-2)33(41-3)34(42-4)32(20)25)36-35(38)43-19-27-23-11-7-5-9-21(23)22-10-6-8-12-24(22)27/h5-12,14,16-17,26-28H,13,15,18-19H2,1-4H3,(H,36,38). The van der Waals surface area contributed by atoms with Gasteiger partial charge in [0.05, 0.1) is 28.4 Å². The van der Waals surface area contributed by atoms with E-state index >= 15 is 0 Å². The summed E-state index contributed by atoms with van der Waals surface area (Å²) in [6.45, 7) is 0.205. The van der Waals surface area contributed by atoms with Gasteiger partial charge in [-0.05, 0) is 58.4 Å². The van der Waals surface area contributed by atoms with E-state index in [1.54, 1.807) is 27.4 Å². The van der Waals surface area contributed by atoms with Crippen LogP contribution in [0, 0.1) is 5.92 Å². The molecule has 3 aliphatic rings. The summed E-state index contributed by atoms with van der Waals surface area (Å²) in [5.41, 5.74) is 7.30. The molecule has 0 fully saturated rings. The van der Waals surface area contributed by atoms with E-state index in [1.807, 2.05) is 36.4 Å². The third-order valence-corrected chi connectivity index (χ3v) is 8.77. The summed E-state index contributed by atoms with van der Waals surface area (Å²) < 4.78 is 28.5. The molecule has 0 radical (unpaired) electrons. The number of amides is 1. The first-order chi connectivity index (χ1) is 21.0. The SMILES string of the molecule is COC1=CC=C2c3c(cc(OC)c(OC)c3OC)CCC(NC(=O)OCC3c4ccccc4-c4ccccc43)C2CC1=O. The van der Waals surface area contributed by atoms with Crippen molar-refractivity contribution in [3.8, 4) is 28.4 Å². The molecular formula is C35H35NO7. The summed E-state index contributed by atoms with van der Waals surface area (Å²) >= 11 is 0. The number of fused-ring (bicyclic) bond motifs is 6. The molecule has 1 amide bonds. The van der Waals surface area contributed by atoms with Gasteiger partial charge in [0.15, 0.2) is 23.0 Å². The summed E-state index contributed by atoms with van der Waals surface area (Å²) in [6.07, 6.45) is 4.40. The van der Waals surface area contributed by atoms with Gasteiger partial charge in [0, 0.05) is 29.9 Å². The Bertz CT molecular complexity index is 1590. The van der Waals surface area contributed by atoms with Crippen molar-refractivity contribution in [2.24, 2.45) is 5.92 Å². The molecule has 1 N–H and O–H groups in total. The maximum atomic E-state index is 13.4. The summed E-state index contributed by atoms with van der Waals surface area (Å²) in [6, 6.07) is 18.0. The zero-order valence-corrected chi connectivity index (χ0v) is 24.8. The highest BCUT2D eigenvalue weighted by atomic mass is 16.5. The van der Waals surface area contributed by atoms with Gasteiger partial charge in [-0.25, -0.2) is 4.79 Å². The maximum absolute atomic E-state index is 13.4. The first-order valence-corrected chi connectivity index (χ1v) is 14.4. The summed E-state index contributed by atoms with van der Waals surface area (Å²) in [4.78, 5) is 26.6. The Kier molecular flexibility index (Phi) is 7.84. The topological polar surface area (TPSA) is 92.3 Å². The van der Waals surface area contributed by atoms with Crippen LogP contribution in [0.25, 0.3) is 16.7 Å². The van der Waals surface area contributed by atoms with E-state index in [2.05, 4.69) is 29.6 Å². The maximum Gasteiger partial charge on any atom is 0.407 e. The number of carbonyl (C=O) groups excluding carboxylic acids is 2. The number of carbonyl (C=O) groups is 2. The Morgan fingerprint density at radius 1 is 0.860 bits per heavy atom. The van der Waals surface area contributed by atoms with Crippen LogP contribution in [0.15, 0.2) is 72.5 Å². The fraction of sp³-hybridized carbons (Fsp3) is 0.314. The van der Waals surface area contributed by atoms with Crippen LogP contribution in [0.3, 0.4) is 0 Å². The second-order valence-corrected chi connectivity index (χ2v) is 10.9. The highest BCUT2D eigenvalue weighted by Crippen LogP contribution is 2.50. The lowest BCUT2D eigenvalue weighted by atomic mass is 9.83. The van der Waals surface area contributed by atoms with E-state index in [9.17, 15) is 9.59 Å². The average molecular weight is 582 g/mol. The number of hydrogen-bond acceptors (Lipinski definition) is 7. The molecule has 43 heavy (non-hydrogen) atoms. The van der Waals surface area contributed by atoms with Crippen molar-refractivity contribution in [2.75, 3.05) is 35.0 Å². The van der Waals surface area contributed by atoms with Crippen LogP contribution >= 0.6 is 0 Å². The lowest BCUT2D eigenvalue weighted by Crippen LogP contribution is -2.41. The minimum absolute atomic E-state index is 0.0518. The van der Waals surface area contributed by atoms with E-state index in [-0.39, 0.29) is 42.4 Å². The Balaban J connectivity index is 1.29. The predicted molar refractivity (Wildman–Crippen MR) is 163 cm³/mol. The third-order valence-electron chi connectivity index (χ3n) is 8.77. The minimum atomic E-state index is -0.518. The zero-order valence-electron chi connectivity index (χ0n) is 24.8. The van der Waals surface area contributed by atoms with E-state index in [0.29, 0.717) is 30.1 Å². The number of alkyl carbamates (subject to hydrolysis) is 1. The van der Waals surface area contributed by atoms with E-state index in [4.69, 9.17) is 23.7 Å². The molecule has 0 heterocycles. The number of benzene rings is 3. The molecule has 0 saturated carbocycles. The Hall–Kier alpha value is -4.72. The van der Waals surface area contributed by atoms with Crippen LogP contribution in [0.1, 0.15) is 41.0 Å². The largest absolute Gasteiger partial charge is 0.493 e. The molecule has 222 valence electrons. The van der Waals surface area contributed by atoms with Crippen molar-refractivity contribution < 1.29 is 33.3 Å². The summed E-state index contributed by atoms with van der Waals surface area (Å²) in [5, 5.41) is 3.12. The van der Waals surface area contributed by atoms with Crippen molar-refractivity contribution >= 4 is 17.4 Å². The number of ether oxygens (including phenoxy) is 5. The zero-order chi connectivity index (χ0) is 30.1. The van der Waals surface area contributed by atoms with Gasteiger partial charge in [-0.2, -0.15) is 0 Å². The van der Waals surface area contributed by atoms with Gasteiger partial charge in [0.25, 0.3) is 0 Å². The predicted octanol–water partition coefficient (Wildman–Crippen LogP) is 6.07. The first kappa shape index (κ1) is 28.4. The van der Waals surface area contributed by atoms with Crippen LogP contribution in [0.2, 0.25) is 0 Å². The molecule has 0 aromatic heterocycles. The Morgan fingerprint density at radius 3 is 2.16 bits per heavy atom. The van der Waals surface area contributed by atoms with Gasteiger partial charge in [-0.15, -0.1) is 0 Å². The van der Waals surface area contributed by atoms with Gasteiger partial charge in [-0.3, -0.25) is 4.79 Å². The Morgan fingerprint density at radius 2 is 1.53 bits per heavy atom. The molecule has 2 unspecified atom stereocenters. The Labute approximate surface area is 251 Å². The number of rotatable bonds is 7. The molecule has 0 aliphatic heterocycles. The minimum Gasteiger partial charge on any atom is -0.493 e. The van der Waals surface area contributed by atoms with Crippen LogP contribution in [0.5, 0.6) is 17.2 Å². The van der Waals surface area contributed by atoms with Gasteiger partial charge in [0.2, 0.25) is 5.75 Å². The number of hydrogen-bond donors (Lipinski definition) is 1. The first-order valence-electron chi connectivity index (χ1n) is 14.4. The number of nitrogens with one attached hydrogen (secondary N) is 1. The second-order valence-electron chi connectivity index (χ2n) is 10.9. The number of allylic oxidation sites excluding steroid dienone is 3. The second kappa shape index (κ2) is 11.9. The van der Waals surface area contributed by atoms with Gasteiger partial charge in [-0.1, -0.05) is 54.6 Å². The molecule has 3 aromatic carbocycles. The van der Waals surface area contributed by atoms with Gasteiger partial charge < -0.3 is 29.0 Å². The quantitative estimate of drug-likeness (QED) is 0.362. The van der Waals surface area contributed by atoms with E-state index in [0.717, 1.165) is 27.8 Å². The number of Topliss-reactive ketones (excluding diaryl/α,β-unsaturated/α-hetero) is 1. The number of aryl methyl sites for hydroxylation is 1. The van der Waals surface area contributed by atoms with Crippen molar-refractivity contribution in [3.63, 3.8) is 0 Å². The van der Waals surface area contributed by atoms with Crippen LogP contribution in [-0.2, 0) is 20.7 Å². The smallest absolute Gasteiger partial charge is 0.407 e. The van der Waals surface area contributed by atoms with Crippen molar-refractivity contribution in [1.29, 1.82) is 0 Å². The summed E-state index contributed by atoms with van der Waals surface area (Å²) in [5.74, 6) is 1.27. The highest BCUT2D eigenvalue weighted by molar-refractivity contribution is 5.97. The van der Waals surface area contributed by atoms with Crippen molar-refractivity contribution in [2.45, 2.75) is 31.2 Å². The molecule has 0 saturated heterocycles. The number of ketones is 1. The molecule has 0 spiro atoms. The molecule has 8 nitrogen and oxygen atoms in total. The van der Waals surface area contributed by atoms with E-state index < -0.39 is 6.09 Å². The van der Waals surface area contributed by atoms with Gasteiger partial charge >= 0.3 is 6.09 Å². The van der Waals surface area contributed by atoms with Crippen molar-refractivity contribution in [1.82, 2.24) is 5.32 Å². The lowest BCUT2D eigenvalue weighted by Gasteiger charge is -2.28. The normalized spacial score (nSPS) is 18.8. The average Bonchev–Trinajstić information content (AvgIpc) is 3.15. The fourth-order valence-electron chi connectivity index (χ4n) is 6.80. The molecule has 3 aromatic rings. The van der Waals surface area contributed by atoms with E-state index in [1.165, 1.54) is 18.2 Å². The van der Waals surface area contributed by atoms with Gasteiger partial charge in [0.1, 0.15) is 6.61 Å². The van der Waals surface area contributed by atoms with Crippen LogP contribution < -0.4 is 19.5 Å². The monoisotopic (exact) mass is 581 g/mol. The number of methoxy groups -OCH3 is 4. The molecule has 8 heteroatoms. The molecule has 3 aliphatic carbocycles. The summed E-state index contributed by atoms with van der Waals surface area (Å²) in [7, 11) is 6.22. The van der Waals surface area contributed by atoms with Crippen LogP contribution in [-0.4, -0.2) is 53.0 Å². The molecular weight excluding hydrogens is 546 g/mol. The lowest BCUT2D eigenvalue weighted by molar-refractivity contribution is -0.119. The van der Waals surface area contributed by atoms with Crippen molar-refractivity contribution in [3.05, 3.63) is 94.8 Å². The molecule has 2 atom stereocenters. The molecule has 0 bridgehead atoms. The van der Waals surface area contributed by atoms with Crippen LogP contribution in [0.4, 0.5) is 4.79 Å². The highest BCUT2D eigenvalue weighted by Gasteiger charge is 2.38. The molecule has 6 rings (SSSR count).